The van der Waals surface area contributed by atoms with E-state index in [4.69, 9.17) is 0 Å². The quantitative estimate of drug-likeness (QED) is 0.319. The molecule has 8 heteroatoms. The molecule has 0 fully saturated rings. The molecule has 0 spiro atoms. The molecule has 1 aromatic carbocycles. The van der Waals surface area contributed by atoms with Gasteiger partial charge < -0.3 is 16.0 Å². The van der Waals surface area contributed by atoms with Crippen LogP contribution in [0.15, 0.2) is 35.5 Å². The Balaban J connectivity index is 0.00000338. The largest absolute Gasteiger partial charge is 0.356 e. The summed E-state index contributed by atoms with van der Waals surface area (Å²) in [4.78, 5) is 21.6. The van der Waals surface area contributed by atoms with E-state index in [9.17, 15) is 4.79 Å². The van der Waals surface area contributed by atoms with Crippen molar-refractivity contribution in [1.29, 1.82) is 0 Å². The summed E-state index contributed by atoms with van der Waals surface area (Å²) in [5.74, 6) is 0.679. The van der Waals surface area contributed by atoms with Gasteiger partial charge in [-0.05, 0) is 30.5 Å². The molecule has 0 unspecified atom stereocenters. The third kappa shape index (κ3) is 6.91. The van der Waals surface area contributed by atoms with Crippen molar-refractivity contribution in [1.82, 2.24) is 20.9 Å². The molecule has 0 bridgehead atoms. The first-order valence-electron chi connectivity index (χ1n) is 8.35. The summed E-state index contributed by atoms with van der Waals surface area (Å²) in [7, 11) is 3.39. The molecular formula is C18H26IN5OS. The first-order valence-corrected chi connectivity index (χ1v) is 9.17. The molecule has 1 amide bonds. The van der Waals surface area contributed by atoms with Gasteiger partial charge >= 0.3 is 0 Å². The van der Waals surface area contributed by atoms with Crippen LogP contribution in [-0.4, -0.2) is 37.5 Å². The fourth-order valence-electron chi connectivity index (χ4n) is 2.31. The van der Waals surface area contributed by atoms with E-state index in [-0.39, 0.29) is 29.9 Å². The molecule has 26 heavy (non-hydrogen) atoms. The van der Waals surface area contributed by atoms with Crippen LogP contribution >= 0.6 is 35.3 Å². The minimum atomic E-state index is -0.0674. The van der Waals surface area contributed by atoms with Crippen molar-refractivity contribution in [3.8, 4) is 0 Å². The van der Waals surface area contributed by atoms with Crippen LogP contribution in [0.25, 0.3) is 0 Å². The van der Waals surface area contributed by atoms with E-state index in [0.717, 1.165) is 35.9 Å². The summed E-state index contributed by atoms with van der Waals surface area (Å²) in [6.07, 6.45) is 3.75. The van der Waals surface area contributed by atoms with E-state index in [0.29, 0.717) is 12.1 Å². The maximum absolute atomic E-state index is 11.7. The van der Waals surface area contributed by atoms with E-state index < -0.39 is 0 Å². The van der Waals surface area contributed by atoms with Crippen LogP contribution in [0.4, 0.5) is 0 Å². The average Bonchev–Trinajstić information content (AvgIpc) is 3.12. The minimum absolute atomic E-state index is 0. The lowest BCUT2D eigenvalue weighted by Crippen LogP contribution is -2.37. The van der Waals surface area contributed by atoms with Crippen LogP contribution in [0.3, 0.4) is 0 Å². The smallest absolute Gasteiger partial charge is 0.251 e. The van der Waals surface area contributed by atoms with Crippen LogP contribution < -0.4 is 16.0 Å². The molecule has 0 aliphatic rings. The van der Waals surface area contributed by atoms with Crippen LogP contribution in [-0.2, 0) is 19.4 Å². The van der Waals surface area contributed by atoms with Crippen molar-refractivity contribution >= 4 is 47.2 Å². The van der Waals surface area contributed by atoms with Crippen molar-refractivity contribution in [2.45, 2.75) is 26.3 Å². The molecule has 0 atom stereocenters. The highest BCUT2D eigenvalue weighted by Crippen LogP contribution is 2.12. The number of carbonyl (C=O) groups is 1. The van der Waals surface area contributed by atoms with E-state index >= 15 is 0 Å². The number of thiazole rings is 1. The van der Waals surface area contributed by atoms with Gasteiger partial charge in [0.15, 0.2) is 5.96 Å². The minimum Gasteiger partial charge on any atom is -0.356 e. The summed E-state index contributed by atoms with van der Waals surface area (Å²) < 4.78 is 0. The van der Waals surface area contributed by atoms with Gasteiger partial charge in [-0.15, -0.1) is 35.3 Å². The Labute approximate surface area is 175 Å². The summed E-state index contributed by atoms with van der Waals surface area (Å²) in [6, 6.07) is 7.65. The second-order valence-electron chi connectivity index (χ2n) is 5.46. The number of halogens is 1. The van der Waals surface area contributed by atoms with Crippen LogP contribution in [0.2, 0.25) is 0 Å². The summed E-state index contributed by atoms with van der Waals surface area (Å²) >= 11 is 1.72. The lowest BCUT2D eigenvalue weighted by molar-refractivity contribution is 0.0963. The predicted octanol–water partition coefficient (Wildman–Crippen LogP) is 2.59. The van der Waals surface area contributed by atoms with Gasteiger partial charge in [-0.1, -0.05) is 19.1 Å². The van der Waals surface area contributed by atoms with Crippen LogP contribution in [0, 0.1) is 0 Å². The predicted molar refractivity (Wildman–Crippen MR) is 119 cm³/mol. The summed E-state index contributed by atoms with van der Waals surface area (Å²) in [5, 5.41) is 10.3. The zero-order valence-corrected chi connectivity index (χ0v) is 18.5. The van der Waals surface area contributed by atoms with Crippen molar-refractivity contribution in [2.75, 3.05) is 20.6 Å². The van der Waals surface area contributed by atoms with Gasteiger partial charge in [0.1, 0.15) is 5.01 Å². The number of aliphatic imine (C=N–C) groups is 1. The number of carbonyl (C=O) groups excluding carboxylic acids is 1. The molecule has 6 nitrogen and oxygen atoms in total. The number of amides is 1. The number of nitrogens with zero attached hydrogens (tertiary/aromatic N) is 2. The van der Waals surface area contributed by atoms with Gasteiger partial charge in [-0.25, -0.2) is 4.98 Å². The summed E-state index contributed by atoms with van der Waals surface area (Å²) in [5.41, 5.74) is 1.79. The number of aromatic nitrogens is 1. The van der Waals surface area contributed by atoms with Gasteiger partial charge in [0, 0.05) is 37.3 Å². The molecule has 1 heterocycles. The van der Waals surface area contributed by atoms with Gasteiger partial charge in [0.2, 0.25) is 0 Å². The Kier molecular flexibility index (Phi) is 10.2. The zero-order valence-electron chi connectivity index (χ0n) is 15.3. The van der Waals surface area contributed by atoms with Crippen molar-refractivity contribution < 1.29 is 4.79 Å². The Bertz CT molecular complexity index is 732. The third-order valence-corrected chi connectivity index (χ3v) is 4.84. The number of hydrogen-bond donors (Lipinski definition) is 3. The topological polar surface area (TPSA) is 78.4 Å². The van der Waals surface area contributed by atoms with Crippen molar-refractivity contribution in [2.24, 2.45) is 4.99 Å². The first kappa shape index (κ1) is 22.4. The van der Waals surface area contributed by atoms with Gasteiger partial charge in [-0.3, -0.25) is 9.79 Å². The van der Waals surface area contributed by atoms with Gasteiger partial charge in [0.25, 0.3) is 5.91 Å². The van der Waals surface area contributed by atoms with Crippen LogP contribution in [0.1, 0.15) is 32.7 Å². The number of benzene rings is 1. The zero-order chi connectivity index (χ0) is 18.1. The molecule has 3 N–H and O–H groups in total. The van der Waals surface area contributed by atoms with Crippen molar-refractivity contribution in [3.63, 3.8) is 0 Å². The van der Waals surface area contributed by atoms with Gasteiger partial charge in [-0.2, -0.15) is 0 Å². The monoisotopic (exact) mass is 487 g/mol. The summed E-state index contributed by atoms with van der Waals surface area (Å²) in [6.45, 7) is 3.52. The number of nitrogens with one attached hydrogen (secondary N) is 3. The lowest BCUT2D eigenvalue weighted by atomic mass is 10.1. The Morgan fingerprint density at radius 2 is 2.12 bits per heavy atom. The fourth-order valence-corrected chi connectivity index (χ4v) is 3.11. The maximum atomic E-state index is 11.7. The Hall–Kier alpha value is -1.68. The number of rotatable bonds is 7. The number of aryl methyl sites for hydroxylation is 1. The van der Waals surface area contributed by atoms with E-state index in [1.165, 1.54) is 4.88 Å². The molecule has 1 aromatic heterocycles. The standard InChI is InChI=1S/C18H25N5OS.HI/c1-4-15-11-22-16(25-15)12-23-18(20-3)21-9-8-13-6-5-7-14(10-13)17(24)19-2;/h5-7,10-11H,4,8-9,12H2,1-3H3,(H,19,24)(H2,20,21,23);1H. The van der Waals surface area contributed by atoms with Crippen molar-refractivity contribution in [3.05, 3.63) is 51.5 Å². The molecule has 2 aromatic rings. The maximum Gasteiger partial charge on any atom is 0.251 e. The Morgan fingerprint density at radius 1 is 1.31 bits per heavy atom. The Morgan fingerprint density at radius 3 is 2.77 bits per heavy atom. The van der Waals surface area contributed by atoms with E-state index in [1.54, 1.807) is 25.4 Å². The fraction of sp³-hybridized carbons (Fsp3) is 0.389. The first-order chi connectivity index (χ1) is 12.2. The number of guanidine groups is 1. The third-order valence-electron chi connectivity index (χ3n) is 3.70. The lowest BCUT2D eigenvalue weighted by Gasteiger charge is -2.11. The van der Waals surface area contributed by atoms with E-state index in [2.05, 4.69) is 32.9 Å². The molecule has 0 aliphatic heterocycles. The SMILES string of the molecule is CCc1cnc(CNC(=NC)NCCc2cccc(C(=O)NC)c2)s1.I. The number of hydrogen-bond acceptors (Lipinski definition) is 4. The second kappa shape index (κ2) is 11.8. The molecule has 2 rings (SSSR count). The molecule has 142 valence electrons. The van der Waals surface area contributed by atoms with Crippen LogP contribution in [0.5, 0.6) is 0 Å². The molecule has 0 saturated heterocycles. The highest BCUT2D eigenvalue weighted by atomic mass is 127. The molecule has 0 aliphatic carbocycles. The molecule has 0 radical (unpaired) electrons. The highest BCUT2D eigenvalue weighted by molar-refractivity contribution is 14.0. The highest BCUT2D eigenvalue weighted by Gasteiger charge is 2.05. The molecule has 0 saturated carbocycles. The average molecular weight is 487 g/mol. The molecular weight excluding hydrogens is 461 g/mol. The van der Waals surface area contributed by atoms with Gasteiger partial charge in [0.05, 0.1) is 6.54 Å². The van der Waals surface area contributed by atoms with E-state index in [1.807, 2.05) is 30.5 Å². The normalized spacial score (nSPS) is 10.8. The second-order valence-corrected chi connectivity index (χ2v) is 6.66.